The van der Waals surface area contributed by atoms with E-state index in [9.17, 15) is 21.6 Å². The topological polar surface area (TPSA) is 87.7 Å². The van der Waals surface area contributed by atoms with E-state index in [1.807, 2.05) is 0 Å². The first kappa shape index (κ1) is 17.2. The molecule has 0 amide bonds. The van der Waals surface area contributed by atoms with Crippen molar-refractivity contribution in [3.63, 3.8) is 0 Å². The second-order valence-corrected chi connectivity index (χ2v) is 7.30. The van der Waals surface area contributed by atoms with Gasteiger partial charge in [0, 0.05) is 16.6 Å². The van der Waals surface area contributed by atoms with Crippen molar-refractivity contribution in [2.24, 2.45) is 0 Å². The lowest BCUT2D eigenvalue weighted by Gasteiger charge is -2.13. The molecule has 0 aliphatic rings. The van der Waals surface area contributed by atoms with Gasteiger partial charge in [0.15, 0.2) is 0 Å². The highest BCUT2D eigenvalue weighted by Gasteiger charge is 2.32. The van der Waals surface area contributed by atoms with Crippen LogP contribution in [0.1, 0.15) is 11.3 Å². The lowest BCUT2D eigenvalue weighted by molar-refractivity contribution is -0.137. The fourth-order valence-electron chi connectivity index (χ4n) is 2.53. The number of nitrogens with one attached hydrogen (secondary N) is 2. The van der Waals surface area contributed by atoms with Crippen LogP contribution in [0.15, 0.2) is 30.5 Å². The van der Waals surface area contributed by atoms with Crippen LogP contribution >= 0.6 is 0 Å². The van der Waals surface area contributed by atoms with Crippen LogP contribution in [-0.2, 0) is 16.2 Å². The number of nitrogens with zero attached hydrogens (tertiary/aromatic N) is 2. The zero-order chi connectivity index (χ0) is 18.4. The summed E-state index contributed by atoms with van der Waals surface area (Å²) in [6, 6.07) is 4.95. The van der Waals surface area contributed by atoms with Crippen LogP contribution in [0.4, 0.5) is 19.0 Å². The maximum atomic E-state index is 13.1. The van der Waals surface area contributed by atoms with E-state index in [-0.39, 0.29) is 11.3 Å². The fraction of sp³-hybridized carbons (Fsp3) is 0.200. The van der Waals surface area contributed by atoms with Gasteiger partial charge >= 0.3 is 6.18 Å². The molecule has 2 N–H and O–H groups in total. The first-order valence-electron chi connectivity index (χ1n) is 7.05. The average Bonchev–Trinajstić information content (AvgIpc) is 2.92. The van der Waals surface area contributed by atoms with Crippen molar-refractivity contribution >= 4 is 26.7 Å². The Morgan fingerprint density at radius 2 is 1.88 bits per heavy atom. The van der Waals surface area contributed by atoms with E-state index < -0.39 is 21.8 Å². The lowest BCUT2D eigenvalue weighted by atomic mass is 9.98. The third-order valence-corrected chi connectivity index (χ3v) is 4.13. The number of hydrogen-bond donors (Lipinski definition) is 2. The molecule has 2 heterocycles. The van der Waals surface area contributed by atoms with Gasteiger partial charge in [-0.15, -0.1) is 0 Å². The molecule has 0 fully saturated rings. The van der Waals surface area contributed by atoms with E-state index in [1.165, 1.54) is 18.3 Å². The van der Waals surface area contributed by atoms with Crippen molar-refractivity contribution in [1.82, 2.24) is 15.2 Å². The Morgan fingerprint density at radius 3 is 2.48 bits per heavy atom. The number of aryl methyl sites for hydroxylation is 1. The molecule has 0 unspecified atom stereocenters. The highest BCUT2D eigenvalue weighted by atomic mass is 32.2. The summed E-state index contributed by atoms with van der Waals surface area (Å²) in [4.78, 5) is 4.12. The van der Waals surface area contributed by atoms with Crippen LogP contribution in [0.25, 0.3) is 22.0 Å². The minimum absolute atomic E-state index is 0.0964. The summed E-state index contributed by atoms with van der Waals surface area (Å²) in [7, 11) is -3.50. The Balaban J connectivity index is 2.17. The molecule has 0 aliphatic carbocycles. The van der Waals surface area contributed by atoms with Crippen molar-refractivity contribution in [2.75, 3.05) is 11.0 Å². The van der Waals surface area contributed by atoms with Gasteiger partial charge in [-0.05, 0) is 36.8 Å². The van der Waals surface area contributed by atoms with Gasteiger partial charge in [-0.25, -0.2) is 13.4 Å². The number of alkyl halides is 3. The van der Waals surface area contributed by atoms with Gasteiger partial charge in [-0.2, -0.15) is 18.3 Å². The molecule has 0 saturated heterocycles. The normalized spacial score (nSPS) is 12.5. The summed E-state index contributed by atoms with van der Waals surface area (Å²) < 4.78 is 64.2. The zero-order valence-electron chi connectivity index (χ0n) is 13.1. The molecule has 0 bridgehead atoms. The first-order chi connectivity index (χ1) is 11.5. The minimum atomic E-state index is -4.51. The third-order valence-electron chi connectivity index (χ3n) is 3.55. The van der Waals surface area contributed by atoms with Gasteiger partial charge < -0.3 is 0 Å². The SMILES string of the molecule is Cc1nc(NS(C)(=O)=O)ccc1-c1cc(C(F)(F)F)cc2[nH]ncc12. The number of rotatable bonds is 3. The molecule has 132 valence electrons. The van der Waals surface area contributed by atoms with Crippen molar-refractivity contribution < 1.29 is 21.6 Å². The molecule has 3 rings (SSSR count). The van der Waals surface area contributed by atoms with E-state index in [1.54, 1.807) is 6.92 Å². The van der Waals surface area contributed by atoms with Crippen molar-refractivity contribution in [2.45, 2.75) is 13.1 Å². The molecule has 2 aromatic heterocycles. The number of hydrogen-bond acceptors (Lipinski definition) is 4. The maximum Gasteiger partial charge on any atom is 0.416 e. The van der Waals surface area contributed by atoms with Gasteiger partial charge in [0.25, 0.3) is 0 Å². The standard InChI is InChI=1S/C15H13F3N4O2S/c1-8-10(3-4-14(20-8)22-25(2,23)24)11-5-9(15(16,17)18)6-13-12(11)7-19-21-13/h3-7H,1-2H3,(H,19,21)(H,20,22). The average molecular weight is 370 g/mol. The molecule has 0 atom stereocenters. The smallest absolute Gasteiger partial charge is 0.278 e. The minimum Gasteiger partial charge on any atom is -0.278 e. The molecule has 25 heavy (non-hydrogen) atoms. The summed E-state index contributed by atoms with van der Waals surface area (Å²) in [6.07, 6.45) is -2.08. The number of anilines is 1. The summed E-state index contributed by atoms with van der Waals surface area (Å²) in [5.41, 5.74) is 0.598. The Kier molecular flexibility index (Phi) is 3.94. The monoisotopic (exact) mass is 370 g/mol. The molecule has 6 nitrogen and oxygen atoms in total. The van der Waals surface area contributed by atoms with Crippen molar-refractivity contribution in [3.05, 3.63) is 41.7 Å². The number of halogens is 3. The van der Waals surface area contributed by atoms with Gasteiger partial charge in [-0.3, -0.25) is 9.82 Å². The molecule has 0 radical (unpaired) electrons. The Hall–Kier alpha value is -2.62. The highest BCUT2D eigenvalue weighted by Crippen LogP contribution is 2.37. The lowest BCUT2D eigenvalue weighted by Crippen LogP contribution is -2.11. The third kappa shape index (κ3) is 3.58. The van der Waals surface area contributed by atoms with Crippen molar-refractivity contribution in [1.29, 1.82) is 0 Å². The molecule has 0 spiro atoms. The quantitative estimate of drug-likeness (QED) is 0.740. The predicted octanol–water partition coefficient (Wildman–Crippen LogP) is 3.32. The Morgan fingerprint density at radius 1 is 1.16 bits per heavy atom. The van der Waals surface area contributed by atoms with E-state index in [4.69, 9.17) is 0 Å². The van der Waals surface area contributed by atoms with E-state index in [0.29, 0.717) is 22.2 Å². The molecule has 3 aromatic rings. The van der Waals surface area contributed by atoms with Crippen LogP contribution in [0.3, 0.4) is 0 Å². The van der Waals surface area contributed by atoms with Crippen LogP contribution in [-0.4, -0.2) is 29.9 Å². The summed E-state index contributed by atoms with van der Waals surface area (Å²) in [6.45, 7) is 1.59. The summed E-state index contributed by atoms with van der Waals surface area (Å²) in [5, 5.41) is 6.86. The Bertz CT molecular complexity index is 1060. The van der Waals surface area contributed by atoms with Crippen LogP contribution in [0, 0.1) is 6.92 Å². The zero-order valence-corrected chi connectivity index (χ0v) is 14.0. The molecular weight excluding hydrogens is 357 g/mol. The summed E-state index contributed by atoms with van der Waals surface area (Å²) in [5.74, 6) is 0.0964. The number of pyridine rings is 1. The number of benzene rings is 1. The van der Waals surface area contributed by atoms with Crippen LogP contribution in [0.5, 0.6) is 0 Å². The van der Waals surface area contributed by atoms with Crippen LogP contribution in [0.2, 0.25) is 0 Å². The number of aromatic amines is 1. The number of aromatic nitrogens is 3. The predicted molar refractivity (Wildman–Crippen MR) is 87.5 cm³/mol. The van der Waals surface area contributed by atoms with Crippen LogP contribution < -0.4 is 4.72 Å². The largest absolute Gasteiger partial charge is 0.416 e. The number of H-pyrrole nitrogens is 1. The molecule has 0 saturated carbocycles. The number of sulfonamides is 1. The van der Waals surface area contributed by atoms with E-state index >= 15 is 0 Å². The van der Waals surface area contributed by atoms with E-state index in [2.05, 4.69) is 19.9 Å². The summed E-state index contributed by atoms with van der Waals surface area (Å²) >= 11 is 0. The first-order valence-corrected chi connectivity index (χ1v) is 8.94. The second-order valence-electron chi connectivity index (χ2n) is 5.56. The Labute approximate surface area is 141 Å². The molecule has 0 aliphatic heterocycles. The van der Waals surface area contributed by atoms with E-state index in [0.717, 1.165) is 18.4 Å². The van der Waals surface area contributed by atoms with Gasteiger partial charge in [0.05, 0.1) is 23.5 Å². The fourth-order valence-corrected chi connectivity index (χ4v) is 3.02. The molecule has 1 aromatic carbocycles. The van der Waals surface area contributed by atoms with Crippen molar-refractivity contribution in [3.8, 4) is 11.1 Å². The maximum absolute atomic E-state index is 13.1. The molecular formula is C15H13F3N4O2S. The molecule has 10 heteroatoms. The van der Waals surface area contributed by atoms with Gasteiger partial charge in [-0.1, -0.05) is 0 Å². The van der Waals surface area contributed by atoms with Gasteiger partial charge in [0.1, 0.15) is 5.82 Å². The highest BCUT2D eigenvalue weighted by molar-refractivity contribution is 7.92. The second kappa shape index (κ2) is 5.73. The number of fused-ring (bicyclic) bond motifs is 1. The van der Waals surface area contributed by atoms with Gasteiger partial charge in [0.2, 0.25) is 10.0 Å².